The molecular weight excluding hydrogens is 250 g/mol. The Labute approximate surface area is 120 Å². The van der Waals surface area contributed by atoms with Gasteiger partial charge in [0.05, 0.1) is 19.3 Å². The molecule has 108 valence electrons. The number of benzene rings is 1. The Kier molecular flexibility index (Phi) is 4.79. The van der Waals surface area contributed by atoms with Crippen LogP contribution in [0, 0.1) is 6.92 Å². The molecule has 0 aliphatic heterocycles. The van der Waals surface area contributed by atoms with Crippen LogP contribution in [0.4, 0.5) is 0 Å². The fourth-order valence-electron chi connectivity index (χ4n) is 2.49. The van der Waals surface area contributed by atoms with Gasteiger partial charge in [-0.25, -0.2) is 0 Å². The van der Waals surface area contributed by atoms with E-state index in [1.54, 1.807) is 7.11 Å². The molecule has 0 aliphatic carbocycles. The van der Waals surface area contributed by atoms with Crippen LogP contribution in [0.3, 0.4) is 0 Å². The van der Waals surface area contributed by atoms with E-state index in [4.69, 9.17) is 4.74 Å². The zero-order chi connectivity index (χ0) is 14.5. The van der Waals surface area contributed by atoms with Crippen molar-refractivity contribution in [2.45, 2.75) is 32.9 Å². The van der Waals surface area contributed by atoms with Gasteiger partial charge in [-0.05, 0) is 37.6 Å². The molecule has 2 rings (SSSR count). The molecule has 4 nitrogen and oxygen atoms in total. The molecule has 1 unspecified atom stereocenters. The summed E-state index contributed by atoms with van der Waals surface area (Å²) in [5.41, 5.74) is 3.55. The minimum atomic E-state index is 0.158. The van der Waals surface area contributed by atoms with E-state index >= 15 is 0 Å². The second-order valence-electron chi connectivity index (χ2n) is 4.99. The lowest BCUT2D eigenvalue weighted by Gasteiger charge is -2.16. The molecule has 0 aliphatic rings. The predicted molar refractivity (Wildman–Crippen MR) is 81.2 cm³/mol. The number of nitrogens with zero attached hydrogens (tertiary/aromatic N) is 2. The third-order valence-corrected chi connectivity index (χ3v) is 3.48. The lowest BCUT2D eigenvalue weighted by atomic mass is 9.99. The molecule has 0 radical (unpaired) electrons. The van der Waals surface area contributed by atoms with E-state index in [1.807, 2.05) is 24.0 Å². The number of aryl methyl sites for hydroxylation is 2. The predicted octanol–water partition coefficient (Wildman–Crippen LogP) is 2.92. The first-order valence-corrected chi connectivity index (χ1v) is 7.03. The van der Waals surface area contributed by atoms with E-state index in [0.717, 1.165) is 24.3 Å². The van der Waals surface area contributed by atoms with Crippen LogP contribution < -0.4 is 10.1 Å². The van der Waals surface area contributed by atoms with Gasteiger partial charge in [0.25, 0.3) is 0 Å². The summed E-state index contributed by atoms with van der Waals surface area (Å²) >= 11 is 0. The molecule has 0 bridgehead atoms. The Bertz CT molecular complexity index is 563. The number of hydrogen-bond acceptors (Lipinski definition) is 3. The Balaban J connectivity index is 2.28. The molecule has 0 fully saturated rings. The Hall–Kier alpha value is -1.81. The summed E-state index contributed by atoms with van der Waals surface area (Å²) < 4.78 is 7.31. The van der Waals surface area contributed by atoms with Crippen molar-refractivity contribution in [3.05, 3.63) is 47.3 Å². The van der Waals surface area contributed by atoms with Crippen molar-refractivity contribution in [3.63, 3.8) is 0 Å². The van der Waals surface area contributed by atoms with Crippen molar-refractivity contribution in [1.82, 2.24) is 15.1 Å². The highest BCUT2D eigenvalue weighted by molar-refractivity contribution is 5.40. The van der Waals surface area contributed by atoms with Crippen molar-refractivity contribution in [2.24, 2.45) is 0 Å². The van der Waals surface area contributed by atoms with Crippen LogP contribution in [0.2, 0.25) is 0 Å². The fraction of sp³-hybridized carbons (Fsp3) is 0.438. The topological polar surface area (TPSA) is 39.1 Å². The van der Waals surface area contributed by atoms with E-state index in [-0.39, 0.29) is 6.04 Å². The van der Waals surface area contributed by atoms with Crippen LogP contribution in [-0.4, -0.2) is 23.9 Å². The second kappa shape index (κ2) is 6.57. The zero-order valence-electron chi connectivity index (χ0n) is 12.7. The van der Waals surface area contributed by atoms with Crippen LogP contribution in [0.15, 0.2) is 30.6 Å². The van der Waals surface area contributed by atoms with Gasteiger partial charge < -0.3 is 10.1 Å². The third kappa shape index (κ3) is 3.02. The summed E-state index contributed by atoms with van der Waals surface area (Å²) in [6.45, 7) is 5.18. The van der Waals surface area contributed by atoms with Gasteiger partial charge in [0.2, 0.25) is 0 Å². The molecule has 0 saturated carbocycles. The summed E-state index contributed by atoms with van der Waals surface area (Å²) in [5, 5.41) is 7.77. The normalized spacial score (nSPS) is 12.4. The number of nitrogens with one attached hydrogen (secondary N) is 1. The van der Waals surface area contributed by atoms with Gasteiger partial charge in [0, 0.05) is 18.3 Å². The van der Waals surface area contributed by atoms with Crippen molar-refractivity contribution in [2.75, 3.05) is 14.2 Å². The number of rotatable bonds is 6. The molecule has 1 aromatic heterocycles. The average molecular weight is 273 g/mol. The minimum absolute atomic E-state index is 0.158. The summed E-state index contributed by atoms with van der Waals surface area (Å²) in [4.78, 5) is 0. The van der Waals surface area contributed by atoms with Gasteiger partial charge in [-0.15, -0.1) is 0 Å². The standard InChI is InChI=1S/C16H23N3O/c1-5-8-19-11-14(10-18-19)16(17-3)13-6-7-15(20-4)12(2)9-13/h6-7,9-11,16-17H,5,8H2,1-4H3. The number of hydrogen-bond donors (Lipinski definition) is 1. The third-order valence-electron chi connectivity index (χ3n) is 3.48. The summed E-state index contributed by atoms with van der Waals surface area (Å²) in [6, 6.07) is 6.44. The molecule has 1 heterocycles. The van der Waals surface area contributed by atoms with Crippen molar-refractivity contribution in [3.8, 4) is 5.75 Å². The lowest BCUT2D eigenvalue weighted by Crippen LogP contribution is -2.17. The van der Waals surface area contributed by atoms with Gasteiger partial charge in [-0.3, -0.25) is 4.68 Å². The van der Waals surface area contributed by atoms with Gasteiger partial charge in [0.1, 0.15) is 5.75 Å². The Morgan fingerprint density at radius 1 is 1.35 bits per heavy atom. The van der Waals surface area contributed by atoms with Crippen molar-refractivity contribution in [1.29, 1.82) is 0 Å². The monoisotopic (exact) mass is 273 g/mol. The van der Waals surface area contributed by atoms with Crippen LogP contribution in [0.25, 0.3) is 0 Å². The molecule has 1 N–H and O–H groups in total. The highest BCUT2D eigenvalue weighted by Crippen LogP contribution is 2.26. The molecule has 1 atom stereocenters. The van der Waals surface area contributed by atoms with Crippen LogP contribution in [0.1, 0.15) is 36.1 Å². The lowest BCUT2D eigenvalue weighted by molar-refractivity contribution is 0.411. The quantitative estimate of drug-likeness (QED) is 0.879. The van der Waals surface area contributed by atoms with E-state index in [2.05, 4.69) is 42.6 Å². The van der Waals surface area contributed by atoms with Gasteiger partial charge in [-0.2, -0.15) is 5.10 Å². The Morgan fingerprint density at radius 2 is 2.15 bits per heavy atom. The van der Waals surface area contributed by atoms with E-state index in [0.29, 0.717) is 0 Å². The first-order chi connectivity index (χ1) is 9.69. The highest BCUT2D eigenvalue weighted by Gasteiger charge is 2.15. The van der Waals surface area contributed by atoms with E-state index < -0.39 is 0 Å². The molecular formula is C16H23N3O. The fourth-order valence-corrected chi connectivity index (χ4v) is 2.49. The minimum Gasteiger partial charge on any atom is -0.496 e. The van der Waals surface area contributed by atoms with Crippen molar-refractivity contribution < 1.29 is 4.74 Å². The van der Waals surface area contributed by atoms with Crippen LogP contribution in [-0.2, 0) is 6.54 Å². The first kappa shape index (κ1) is 14.6. The molecule has 4 heteroatoms. The maximum Gasteiger partial charge on any atom is 0.121 e. The maximum absolute atomic E-state index is 5.32. The molecule has 0 saturated heterocycles. The van der Waals surface area contributed by atoms with Crippen LogP contribution >= 0.6 is 0 Å². The molecule has 20 heavy (non-hydrogen) atoms. The molecule has 2 aromatic rings. The second-order valence-corrected chi connectivity index (χ2v) is 4.99. The molecule has 0 spiro atoms. The van der Waals surface area contributed by atoms with Gasteiger partial charge in [0.15, 0.2) is 0 Å². The SMILES string of the molecule is CCCn1cc(C(NC)c2ccc(OC)c(C)c2)cn1. The van der Waals surface area contributed by atoms with E-state index in [9.17, 15) is 0 Å². The zero-order valence-corrected chi connectivity index (χ0v) is 12.7. The number of aromatic nitrogens is 2. The summed E-state index contributed by atoms with van der Waals surface area (Å²) in [6.07, 6.45) is 5.15. The Morgan fingerprint density at radius 3 is 2.75 bits per heavy atom. The number of ether oxygens (including phenoxy) is 1. The highest BCUT2D eigenvalue weighted by atomic mass is 16.5. The van der Waals surface area contributed by atoms with Gasteiger partial charge in [-0.1, -0.05) is 19.1 Å². The van der Waals surface area contributed by atoms with Gasteiger partial charge >= 0.3 is 0 Å². The van der Waals surface area contributed by atoms with Crippen molar-refractivity contribution >= 4 is 0 Å². The summed E-state index contributed by atoms with van der Waals surface area (Å²) in [7, 11) is 3.67. The largest absolute Gasteiger partial charge is 0.496 e. The molecule has 0 amide bonds. The first-order valence-electron chi connectivity index (χ1n) is 7.03. The van der Waals surface area contributed by atoms with E-state index in [1.165, 1.54) is 11.1 Å². The molecule has 1 aromatic carbocycles. The van der Waals surface area contributed by atoms with Crippen LogP contribution in [0.5, 0.6) is 5.75 Å². The number of methoxy groups -OCH3 is 1. The average Bonchev–Trinajstić information content (AvgIpc) is 2.89. The maximum atomic E-state index is 5.32. The smallest absolute Gasteiger partial charge is 0.121 e. The summed E-state index contributed by atoms with van der Waals surface area (Å²) in [5.74, 6) is 0.922.